The van der Waals surface area contributed by atoms with Crippen LogP contribution in [0, 0.1) is 0 Å². The molecule has 1 aromatic carbocycles. The van der Waals surface area contributed by atoms with Crippen molar-refractivity contribution in [2.75, 3.05) is 0 Å². The van der Waals surface area contributed by atoms with Gasteiger partial charge in [0.2, 0.25) is 0 Å². The van der Waals surface area contributed by atoms with E-state index in [0.29, 0.717) is 5.15 Å². The van der Waals surface area contributed by atoms with Crippen molar-refractivity contribution in [3.05, 3.63) is 58.6 Å². The van der Waals surface area contributed by atoms with Crippen molar-refractivity contribution in [3.8, 4) is 0 Å². The van der Waals surface area contributed by atoms with E-state index in [4.69, 9.17) is 25.8 Å². The first-order valence-electron chi connectivity index (χ1n) is 10.5. The number of rotatable bonds is 3. The van der Waals surface area contributed by atoms with Crippen molar-refractivity contribution in [1.29, 1.82) is 0 Å². The molecule has 1 aliphatic carbocycles. The minimum Gasteiger partial charge on any atom is -0.348 e. The Kier molecular flexibility index (Phi) is 4.06. The number of aromatic nitrogens is 3. The molecule has 4 heterocycles. The lowest BCUT2D eigenvalue weighted by Gasteiger charge is -2.29. The van der Waals surface area contributed by atoms with Crippen molar-refractivity contribution in [2.24, 2.45) is 0 Å². The van der Waals surface area contributed by atoms with Gasteiger partial charge in [-0.25, -0.2) is 9.97 Å². The predicted molar refractivity (Wildman–Crippen MR) is 113 cm³/mol. The molecule has 6 rings (SSSR count). The third kappa shape index (κ3) is 2.74. The average molecular weight is 426 g/mol. The maximum absolute atomic E-state index is 6.63. The Labute approximate surface area is 180 Å². The molecule has 0 bridgehead atoms. The van der Waals surface area contributed by atoms with Crippen molar-refractivity contribution in [2.45, 2.75) is 69.9 Å². The maximum atomic E-state index is 6.63. The molecule has 2 aromatic heterocycles. The van der Waals surface area contributed by atoms with Gasteiger partial charge >= 0.3 is 0 Å². The standard InChI is InChI=1S/C23H24ClN3O3/c1-12(14-6-4-13-5-7-15(13)10-14)17-18-19(30-23(2,3)29-18)22(28-17)27-9-8-16-20(24)25-11-26-21(16)27/h4,6,8-12,17-19,22H,5,7H2,1-3H3/t12-,17-,18-,19-,22-/m1/s1. The molecule has 0 saturated carbocycles. The summed E-state index contributed by atoms with van der Waals surface area (Å²) in [5, 5.41) is 1.24. The number of halogens is 1. The highest BCUT2D eigenvalue weighted by molar-refractivity contribution is 6.33. The summed E-state index contributed by atoms with van der Waals surface area (Å²) in [6.45, 7) is 6.14. The molecule has 156 valence electrons. The van der Waals surface area contributed by atoms with Crippen molar-refractivity contribution >= 4 is 22.6 Å². The Morgan fingerprint density at radius 1 is 1.10 bits per heavy atom. The minimum atomic E-state index is -0.661. The van der Waals surface area contributed by atoms with Gasteiger partial charge in [0.1, 0.15) is 29.3 Å². The topological polar surface area (TPSA) is 58.4 Å². The number of aryl methyl sites for hydroxylation is 2. The van der Waals surface area contributed by atoms with Gasteiger partial charge in [0.05, 0.1) is 11.5 Å². The Bertz CT molecular complexity index is 1140. The van der Waals surface area contributed by atoms with E-state index in [0.717, 1.165) is 11.0 Å². The highest BCUT2D eigenvalue weighted by Crippen LogP contribution is 2.47. The van der Waals surface area contributed by atoms with Gasteiger partial charge in [-0.15, -0.1) is 0 Å². The lowest BCUT2D eigenvalue weighted by Crippen LogP contribution is -2.33. The number of ether oxygens (including phenoxy) is 3. The van der Waals surface area contributed by atoms with Crippen LogP contribution in [0.15, 0.2) is 36.8 Å². The lowest BCUT2D eigenvalue weighted by atomic mass is 9.83. The molecule has 0 radical (unpaired) electrons. The molecule has 3 aliphatic rings. The summed E-state index contributed by atoms with van der Waals surface area (Å²) in [4.78, 5) is 8.53. The number of nitrogens with zero attached hydrogens (tertiary/aromatic N) is 3. The number of hydrogen-bond acceptors (Lipinski definition) is 5. The maximum Gasteiger partial charge on any atom is 0.164 e. The second-order valence-electron chi connectivity index (χ2n) is 9.00. The van der Waals surface area contributed by atoms with Crippen LogP contribution in [-0.4, -0.2) is 38.6 Å². The second-order valence-corrected chi connectivity index (χ2v) is 9.36. The Morgan fingerprint density at radius 2 is 1.90 bits per heavy atom. The quantitative estimate of drug-likeness (QED) is 0.582. The largest absolute Gasteiger partial charge is 0.348 e. The molecule has 7 heteroatoms. The summed E-state index contributed by atoms with van der Waals surface area (Å²) in [5.41, 5.74) is 4.94. The van der Waals surface area contributed by atoms with Crippen LogP contribution >= 0.6 is 11.6 Å². The first kappa shape index (κ1) is 18.8. The average Bonchev–Trinajstić information content (AvgIpc) is 3.33. The van der Waals surface area contributed by atoms with Crippen LogP contribution in [0.4, 0.5) is 0 Å². The minimum absolute atomic E-state index is 0.130. The number of fused-ring (bicyclic) bond motifs is 3. The zero-order valence-electron chi connectivity index (χ0n) is 17.2. The molecule has 2 aliphatic heterocycles. The van der Waals surface area contributed by atoms with E-state index in [-0.39, 0.29) is 30.5 Å². The summed E-state index contributed by atoms with van der Waals surface area (Å²) in [5.74, 6) is -0.489. The molecule has 30 heavy (non-hydrogen) atoms. The second kappa shape index (κ2) is 6.50. The third-order valence-corrected chi connectivity index (χ3v) is 7.01. The van der Waals surface area contributed by atoms with Gasteiger partial charge in [0.25, 0.3) is 0 Å². The molecule has 6 nitrogen and oxygen atoms in total. The Morgan fingerprint density at radius 3 is 2.67 bits per heavy atom. The van der Waals surface area contributed by atoms with Gasteiger partial charge in [-0.2, -0.15) is 0 Å². The highest BCUT2D eigenvalue weighted by atomic mass is 35.5. The smallest absolute Gasteiger partial charge is 0.164 e. The zero-order chi connectivity index (χ0) is 20.6. The SMILES string of the molecule is C[C@H](c1ccc2c(c1)CC2)[C@H]1O[C@@H](n2ccc3c(Cl)ncnc32)[C@@H]2OC(C)(C)O[C@@H]21. The van der Waals surface area contributed by atoms with Gasteiger partial charge in [-0.3, -0.25) is 0 Å². The molecule has 2 saturated heterocycles. The Balaban J connectivity index is 1.38. The lowest BCUT2D eigenvalue weighted by molar-refractivity contribution is -0.198. The fourth-order valence-corrected chi connectivity index (χ4v) is 5.26. The van der Waals surface area contributed by atoms with Crippen LogP contribution in [0.2, 0.25) is 5.15 Å². The third-order valence-electron chi connectivity index (χ3n) is 6.71. The zero-order valence-corrected chi connectivity index (χ0v) is 18.0. The Hall–Kier alpha value is -1.99. The van der Waals surface area contributed by atoms with Gasteiger partial charge < -0.3 is 18.8 Å². The van der Waals surface area contributed by atoms with Gasteiger partial charge in [0, 0.05) is 12.1 Å². The van der Waals surface area contributed by atoms with E-state index in [9.17, 15) is 0 Å². The van der Waals surface area contributed by atoms with Gasteiger partial charge in [-0.1, -0.05) is 36.7 Å². The van der Waals surface area contributed by atoms with E-state index in [1.807, 2.05) is 30.7 Å². The van der Waals surface area contributed by atoms with Crippen molar-refractivity contribution < 1.29 is 14.2 Å². The molecule has 5 atom stereocenters. The van der Waals surface area contributed by atoms with Crippen molar-refractivity contribution in [1.82, 2.24) is 14.5 Å². The number of benzene rings is 1. The molecule has 0 unspecified atom stereocenters. The predicted octanol–water partition coefficient (Wildman–Crippen LogP) is 4.40. The van der Waals surface area contributed by atoms with E-state index in [2.05, 4.69) is 35.1 Å². The van der Waals surface area contributed by atoms with Crippen molar-refractivity contribution in [3.63, 3.8) is 0 Å². The fourth-order valence-electron chi connectivity index (χ4n) is 5.07. The summed E-state index contributed by atoms with van der Waals surface area (Å²) in [6.07, 6.45) is 4.90. The van der Waals surface area contributed by atoms with Crippen LogP contribution < -0.4 is 0 Å². The normalized spacial score (nSPS) is 30.1. The van der Waals surface area contributed by atoms with E-state index < -0.39 is 5.79 Å². The van der Waals surface area contributed by atoms with Crippen LogP contribution in [0.1, 0.15) is 49.6 Å². The van der Waals surface area contributed by atoms with Crippen LogP contribution in [0.3, 0.4) is 0 Å². The van der Waals surface area contributed by atoms with Crippen LogP contribution in [-0.2, 0) is 27.1 Å². The number of hydrogen-bond donors (Lipinski definition) is 0. The molecule has 0 N–H and O–H groups in total. The van der Waals surface area contributed by atoms with E-state index in [1.54, 1.807) is 0 Å². The first-order chi connectivity index (χ1) is 14.4. The summed E-state index contributed by atoms with van der Waals surface area (Å²) < 4.78 is 21.3. The summed E-state index contributed by atoms with van der Waals surface area (Å²) in [7, 11) is 0. The molecule has 2 fully saturated rings. The highest BCUT2D eigenvalue weighted by Gasteiger charge is 2.57. The fraction of sp³-hybridized carbons (Fsp3) is 0.478. The molecule has 3 aromatic rings. The van der Waals surface area contributed by atoms with Gasteiger partial charge in [0.15, 0.2) is 12.0 Å². The molecule has 0 spiro atoms. The van der Waals surface area contributed by atoms with Crippen LogP contribution in [0.5, 0.6) is 0 Å². The first-order valence-corrected chi connectivity index (χ1v) is 10.9. The van der Waals surface area contributed by atoms with E-state index in [1.165, 1.54) is 35.9 Å². The van der Waals surface area contributed by atoms with Gasteiger partial charge in [-0.05, 0) is 49.4 Å². The van der Waals surface area contributed by atoms with E-state index >= 15 is 0 Å². The van der Waals surface area contributed by atoms with Crippen LogP contribution in [0.25, 0.3) is 11.0 Å². The summed E-state index contributed by atoms with van der Waals surface area (Å²) in [6, 6.07) is 8.73. The molecular weight excluding hydrogens is 402 g/mol. The molecular formula is C23H24ClN3O3. The molecule has 0 amide bonds. The monoisotopic (exact) mass is 425 g/mol. The summed E-state index contributed by atoms with van der Waals surface area (Å²) >= 11 is 6.26.